The van der Waals surface area contributed by atoms with Gasteiger partial charge in [0.15, 0.2) is 11.5 Å². The molecule has 0 fully saturated rings. The minimum Gasteiger partial charge on any atom is -0.489 e. The van der Waals surface area contributed by atoms with Gasteiger partial charge in [-0.05, 0) is 42.0 Å². The number of nitrogens with zero attached hydrogens (tertiary/aromatic N) is 1. The van der Waals surface area contributed by atoms with Crippen molar-refractivity contribution < 1.29 is 19.0 Å². The van der Waals surface area contributed by atoms with Crippen LogP contribution < -0.4 is 19.5 Å². The van der Waals surface area contributed by atoms with Gasteiger partial charge in [-0.25, -0.2) is 0 Å². The number of carbonyl (C=O) groups is 1. The number of hydrogen-bond donors (Lipinski definition) is 1. The quantitative estimate of drug-likeness (QED) is 0.623. The fourth-order valence-corrected chi connectivity index (χ4v) is 3.37. The van der Waals surface area contributed by atoms with Gasteiger partial charge in [-0.15, -0.1) is 0 Å². The predicted octanol–water partition coefficient (Wildman–Crippen LogP) is 4.66. The van der Waals surface area contributed by atoms with Gasteiger partial charge >= 0.3 is 0 Å². The second-order valence-electron chi connectivity index (χ2n) is 6.82. The van der Waals surface area contributed by atoms with Gasteiger partial charge < -0.3 is 19.5 Å². The Kier molecular flexibility index (Phi) is 6.35. The molecule has 0 radical (unpaired) electrons. The van der Waals surface area contributed by atoms with Crippen LogP contribution in [0.5, 0.6) is 17.2 Å². The van der Waals surface area contributed by atoms with Crippen molar-refractivity contribution in [1.29, 1.82) is 0 Å². The van der Waals surface area contributed by atoms with Crippen LogP contribution in [0.4, 0.5) is 5.69 Å². The summed E-state index contributed by atoms with van der Waals surface area (Å²) in [4.78, 5) is 16.8. The number of pyridine rings is 1. The fourth-order valence-electron chi connectivity index (χ4n) is 3.08. The zero-order chi connectivity index (χ0) is 20.8. The summed E-state index contributed by atoms with van der Waals surface area (Å²) in [6.45, 7) is 1.48. The van der Waals surface area contributed by atoms with Gasteiger partial charge in [-0.1, -0.05) is 23.7 Å². The Balaban J connectivity index is 1.38. The van der Waals surface area contributed by atoms with E-state index < -0.39 is 0 Å². The third-order valence-electron chi connectivity index (χ3n) is 4.46. The summed E-state index contributed by atoms with van der Waals surface area (Å²) in [6, 6.07) is 16.5. The lowest BCUT2D eigenvalue weighted by Crippen LogP contribution is -2.14. The van der Waals surface area contributed by atoms with E-state index in [1.807, 2.05) is 36.4 Å². The summed E-state index contributed by atoms with van der Waals surface area (Å²) >= 11 is 6.31. The Labute approximate surface area is 179 Å². The number of halogens is 1. The molecule has 0 bridgehead atoms. The third-order valence-corrected chi connectivity index (χ3v) is 4.74. The number of amides is 1. The maximum absolute atomic E-state index is 12.5. The zero-order valence-corrected chi connectivity index (χ0v) is 17.0. The maximum atomic E-state index is 12.5. The normalized spacial score (nSPS) is 12.7. The largest absolute Gasteiger partial charge is 0.489 e. The van der Waals surface area contributed by atoms with E-state index in [1.54, 1.807) is 24.4 Å². The van der Waals surface area contributed by atoms with Crippen LogP contribution in [0.3, 0.4) is 0 Å². The van der Waals surface area contributed by atoms with Gasteiger partial charge in [0.2, 0.25) is 5.91 Å². The molecule has 1 amide bonds. The smallest absolute Gasteiger partial charge is 0.228 e. The van der Waals surface area contributed by atoms with Gasteiger partial charge in [0.25, 0.3) is 0 Å². The molecule has 0 atom stereocenters. The van der Waals surface area contributed by atoms with Crippen molar-refractivity contribution >= 4 is 23.2 Å². The zero-order valence-electron chi connectivity index (χ0n) is 16.3. The van der Waals surface area contributed by atoms with Crippen molar-refractivity contribution in [3.63, 3.8) is 0 Å². The second kappa shape index (κ2) is 9.50. The van der Waals surface area contributed by atoms with E-state index >= 15 is 0 Å². The summed E-state index contributed by atoms with van der Waals surface area (Å²) < 4.78 is 17.1. The van der Waals surface area contributed by atoms with Gasteiger partial charge in [0.1, 0.15) is 12.4 Å². The standard InChI is InChI=1S/C23H21ClN2O4/c24-20-11-16(12-21-23(20)29-10-4-9-28-21)13-22(27)26-17-6-3-7-19(14-17)30-15-18-5-1-2-8-25-18/h1-3,5-8,11-12,14H,4,9-10,13,15H2,(H,26,27). The fraction of sp³-hybridized carbons (Fsp3) is 0.217. The topological polar surface area (TPSA) is 69.7 Å². The molecule has 2 heterocycles. The van der Waals surface area contributed by atoms with Crippen LogP contribution in [0.1, 0.15) is 17.7 Å². The lowest BCUT2D eigenvalue weighted by molar-refractivity contribution is -0.115. The molecule has 0 saturated carbocycles. The molecule has 4 rings (SSSR count). The van der Waals surface area contributed by atoms with E-state index in [2.05, 4.69) is 10.3 Å². The maximum Gasteiger partial charge on any atom is 0.228 e. The number of anilines is 1. The van der Waals surface area contributed by atoms with E-state index in [9.17, 15) is 4.79 Å². The van der Waals surface area contributed by atoms with Crippen LogP contribution in [0.2, 0.25) is 5.02 Å². The number of aromatic nitrogens is 1. The average Bonchev–Trinajstić information content (AvgIpc) is 2.99. The second-order valence-corrected chi connectivity index (χ2v) is 7.23. The molecule has 1 aromatic heterocycles. The molecule has 154 valence electrons. The minimum atomic E-state index is -0.164. The van der Waals surface area contributed by atoms with Crippen LogP contribution in [-0.2, 0) is 17.8 Å². The van der Waals surface area contributed by atoms with Crippen molar-refractivity contribution in [2.45, 2.75) is 19.4 Å². The Bertz CT molecular complexity index is 1030. The monoisotopic (exact) mass is 424 g/mol. The molecule has 0 unspecified atom stereocenters. The van der Waals surface area contributed by atoms with E-state index in [0.29, 0.717) is 47.8 Å². The first-order valence-corrected chi connectivity index (χ1v) is 10.1. The first-order valence-electron chi connectivity index (χ1n) is 9.68. The van der Waals surface area contributed by atoms with Gasteiger partial charge in [-0.3, -0.25) is 9.78 Å². The average molecular weight is 425 g/mol. The van der Waals surface area contributed by atoms with Crippen LogP contribution in [0, 0.1) is 0 Å². The molecule has 30 heavy (non-hydrogen) atoms. The lowest BCUT2D eigenvalue weighted by atomic mass is 10.1. The minimum absolute atomic E-state index is 0.162. The Hall–Kier alpha value is -3.25. The third kappa shape index (κ3) is 5.21. The molecule has 0 saturated heterocycles. The molecule has 0 aliphatic carbocycles. The molecule has 0 spiro atoms. The first-order chi connectivity index (χ1) is 14.7. The number of fused-ring (bicyclic) bond motifs is 1. The highest BCUT2D eigenvalue weighted by Gasteiger charge is 2.17. The summed E-state index contributed by atoms with van der Waals surface area (Å²) in [5.74, 6) is 1.60. The highest BCUT2D eigenvalue weighted by molar-refractivity contribution is 6.32. The SMILES string of the molecule is O=C(Cc1cc(Cl)c2c(c1)OCCCO2)Nc1cccc(OCc2ccccn2)c1. The van der Waals surface area contributed by atoms with E-state index in [1.165, 1.54) is 0 Å². The molecule has 3 aromatic rings. The predicted molar refractivity (Wildman–Crippen MR) is 114 cm³/mol. The first kappa shape index (κ1) is 20.0. The van der Waals surface area contributed by atoms with Gasteiger partial charge in [-0.2, -0.15) is 0 Å². The van der Waals surface area contributed by atoms with Crippen LogP contribution in [-0.4, -0.2) is 24.1 Å². The van der Waals surface area contributed by atoms with Crippen molar-refractivity contribution in [3.05, 3.63) is 77.1 Å². The highest BCUT2D eigenvalue weighted by atomic mass is 35.5. The summed E-state index contributed by atoms with van der Waals surface area (Å²) in [6.07, 6.45) is 2.68. The summed E-state index contributed by atoms with van der Waals surface area (Å²) in [7, 11) is 0. The number of rotatable bonds is 6. The molecule has 1 N–H and O–H groups in total. The molecule has 7 heteroatoms. The van der Waals surface area contributed by atoms with Gasteiger partial charge in [0.05, 0.1) is 30.4 Å². The summed E-state index contributed by atoms with van der Waals surface area (Å²) in [5, 5.41) is 3.34. The molecular weight excluding hydrogens is 404 g/mol. The van der Waals surface area contributed by atoms with E-state index in [4.69, 9.17) is 25.8 Å². The Morgan fingerprint density at radius 2 is 2.00 bits per heavy atom. The Morgan fingerprint density at radius 1 is 1.10 bits per heavy atom. The molecular formula is C23H21ClN2O4. The van der Waals surface area contributed by atoms with Crippen LogP contribution in [0.25, 0.3) is 0 Å². The van der Waals surface area contributed by atoms with Gasteiger partial charge in [0, 0.05) is 24.4 Å². The van der Waals surface area contributed by atoms with Crippen LogP contribution >= 0.6 is 11.6 Å². The number of benzene rings is 2. The van der Waals surface area contributed by atoms with Crippen molar-refractivity contribution in [2.75, 3.05) is 18.5 Å². The lowest BCUT2D eigenvalue weighted by Gasteiger charge is -2.12. The number of hydrogen-bond acceptors (Lipinski definition) is 5. The van der Waals surface area contributed by atoms with E-state index in [0.717, 1.165) is 17.7 Å². The number of carbonyl (C=O) groups excluding carboxylic acids is 1. The summed E-state index contributed by atoms with van der Waals surface area (Å²) in [5.41, 5.74) is 2.24. The van der Waals surface area contributed by atoms with Crippen molar-refractivity contribution in [1.82, 2.24) is 4.98 Å². The Morgan fingerprint density at radius 3 is 2.87 bits per heavy atom. The van der Waals surface area contributed by atoms with Crippen molar-refractivity contribution in [3.8, 4) is 17.2 Å². The number of nitrogens with one attached hydrogen (secondary N) is 1. The molecule has 1 aliphatic rings. The van der Waals surface area contributed by atoms with Crippen molar-refractivity contribution in [2.24, 2.45) is 0 Å². The molecule has 2 aromatic carbocycles. The van der Waals surface area contributed by atoms with Crippen LogP contribution in [0.15, 0.2) is 60.8 Å². The van der Waals surface area contributed by atoms with E-state index in [-0.39, 0.29) is 12.3 Å². The molecule has 6 nitrogen and oxygen atoms in total. The number of ether oxygens (including phenoxy) is 3. The molecule has 1 aliphatic heterocycles. The highest BCUT2D eigenvalue weighted by Crippen LogP contribution is 2.38.